The van der Waals surface area contributed by atoms with Crippen molar-refractivity contribution >= 4 is 17.9 Å². The van der Waals surface area contributed by atoms with Crippen molar-refractivity contribution < 1.29 is 57.8 Å². The van der Waals surface area contributed by atoms with E-state index in [9.17, 15) is 24.6 Å². The van der Waals surface area contributed by atoms with Crippen LogP contribution < -0.4 is 15.2 Å². The molecule has 0 aromatic heterocycles. The van der Waals surface area contributed by atoms with E-state index in [1.807, 2.05) is 0 Å². The lowest BCUT2D eigenvalue weighted by Crippen LogP contribution is -2.63. The molecular weight excluding hydrogens is 470 g/mol. The summed E-state index contributed by atoms with van der Waals surface area (Å²) in [5.41, 5.74) is 5.67. The van der Waals surface area contributed by atoms with E-state index in [2.05, 4.69) is 0 Å². The molecule has 1 aromatic carbocycles. The van der Waals surface area contributed by atoms with Gasteiger partial charge < -0.3 is 49.1 Å². The maximum absolute atomic E-state index is 12.4. The van der Waals surface area contributed by atoms with Gasteiger partial charge in [0, 0.05) is 32.0 Å². The van der Waals surface area contributed by atoms with Crippen molar-refractivity contribution in [1.29, 1.82) is 0 Å². The van der Waals surface area contributed by atoms with Crippen molar-refractivity contribution in [3.63, 3.8) is 0 Å². The number of benzene rings is 1. The molecule has 0 aliphatic carbocycles. The van der Waals surface area contributed by atoms with E-state index in [1.165, 1.54) is 12.1 Å². The monoisotopic (exact) mass is 501 g/mol. The number of nitrogens with two attached hydrogens (primary N) is 1. The molecular formula is C22H31NO12. The lowest BCUT2D eigenvalue weighted by molar-refractivity contribution is -0.279. The van der Waals surface area contributed by atoms with E-state index in [0.717, 1.165) is 21.0 Å². The fourth-order valence-electron chi connectivity index (χ4n) is 3.27. The molecule has 0 unspecified atom stereocenters. The number of carbonyl (C=O) groups is 3. The van der Waals surface area contributed by atoms with Gasteiger partial charge in [0.2, 0.25) is 6.29 Å². The van der Waals surface area contributed by atoms with Crippen molar-refractivity contribution in [2.45, 2.75) is 51.2 Å². The third-order valence-electron chi connectivity index (χ3n) is 4.77. The molecule has 2 rings (SSSR count). The standard InChI is InChI=1S/C22H31NO12/c1-12(25)32-18-17(27)22(35-20(21(28)29-3)19(18)33-13(2)26)34-16-10-15(5-4-14(16)11-24)31-9-8-30-7-6-23/h4-5,10,17-20,22,24,27H,6-9,11,23H2,1-3H3/t17-,18-,19+,20+,22-/m1/s1. The van der Waals surface area contributed by atoms with Crippen LogP contribution in [0.2, 0.25) is 0 Å². The van der Waals surface area contributed by atoms with Gasteiger partial charge >= 0.3 is 17.9 Å². The Morgan fingerprint density at radius 2 is 1.74 bits per heavy atom. The Balaban J connectivity index is 2.29. The second-order valence-electron chi connectivity index (χ2n) is 7.38. The molecule has 13 nitrogen and oxygen atoms in total. The summed E-state index contributed by atoms with van der Waals surface area (Å²) >= 11 is 0. The molecule has 1 saturated heterocycles. The van der Waals surface area contributed by atoms with Gasteiger partial charge in [-0.15, -0.1) is 0 Å². The van der Waals surface area contributed by atoms with Crippen LogP contribution in [0.15, 0.2) is 18.2 Å². The van der Waals surface area contributed by atoms with Gasteiger partial charge in [0.15, 0.2) is 24.4 Å². The van der Waals surface area contributed by atoms with Gasteiger partial charge in [-0.3, -0.25) is 9.59 Å². The van der Waals surface area contributed by atoms with E-state index in [1.54, 1.807) is 6.07 Å². The van der Waals surface area contributed by atoms with E-state index < -0.39 is 55.2 Å². The van der Waals surface area contributed by atoms with Crippen LogP contribution in [0, 0.1) is 0 Å². The second kappa shape index (κ2) is 13.8. The summed E-state index contributed by atoms with van der Waals surface area (Å²) in [6, 6.07) is 4.56. The van der Waals surface area contributed by atoms with Crippen molar-refractivity contribution in [3.05, 3.63) is 23.8 Å². The van der Waals surface area contributed by atoms with E-state index in [4.69, 9.17) is 38.9 Å². The van der Waals surface area contributed by atoms with Crippen molar-refractivity contribution in [3.8, 4) is 11.5 Å². The molecule has 5 atom stereocenters. The van der Waals surface area contributed by atoms with Gasteiger partial charge in [-0.1, -0.05) is 0 Å². The van der Waals surface area contributed by atoms with Gasteiger partial charge in [-0.2, -0.15) is 0 Å². The molecule has 1 aliphatic heterocycles. The first-order valence-corrected chi connectivity index (χ1v) is 10.8. The van der Waals surface area contributed by atoms with Crippen molar-refractivity contribution in [2.24, 2.45) is 5.73 Å². The first-order chi connectivity index (χ1) is 16.7. The van der Waals surface area contributed by atoms with E-state index in [0.29, 0.717) is 31.1 Å². The highest BCUT2D eigenvalue weighted by molar-refractivity contribution is 5.77. The van der Waals surface area contributed by atoms with Gasteiger partial charge in [-0.25, -0.2) is 4.79 Å². The Morgan fingerprint density at radius 3 is 2.34 bits per heavy atom. The Labute approximate surface area is 201 Å². The average Bonchev–Trinajstić information content (AvgIpc) is 2.82. The zero-order valence-electron chi connectivity index (χ0n) is 19.7. The normalized spacial score (nSPS) is 23.8. The maximum Gasteiger partial charge on any atom is 0.339 e. The molecule has 13 heteroatoms. The summed E-state index contributed by atoms with van der Waals surface area (Å²) in [5, 5.41) is 20.6. The van der Waals surface area contributed by atoms with Crippen LogP contribution in [0.4, 0.5) is 0 Å². The fraction of sp³-hybridized carbons (Fsp3) is 0.591. The second-order valence-corrected chi connectivity index (χ2v) is 7.38. The van der Waals surface area contributed by atoms with Crippen LogP contribution in [-0.2, 0) is 44.7 Å². The Kier molecular flexibility index (Phi) is 11.1. The largest absolute Gasteiger partial charge is 0.491 e. The number of rotatable bonds is 12. The molecule has 1 aliphatic rings. The Bertz CT molecular complexity index is 863. The third-order valence-corrected chi connectivity index (χ3v) is 4.77. The molecule has 0 bridgehead atoms. The summed E-state index contributed by atoms with van der Waals surface area (Å²) in [6.45, 7) is 3.00. The van der Waals surface area contributed by atoms with Crippen molar-refractivity contribution in [2.75, 3.05) is 33.5 Å². The SMILES string of the molecule is COC(=O)[C@H]1O[C@@H](Oc2cc(OCCOCCN)ccc2CO)[C@H](O)[C@@H](OC(C)=O)[C@@H]1OC(C)=O. The van der Waals surface area contributed by atoms with Crippen LogP contribution in [0.1, 0.15) is 19.4 Å². The van der Waals surface area contributed by atoms with Gasteiger partial charge in [0.05, 0.1) is 26.9 Å². The van der Waals surface area contributed by atoms with Crippen LogP contribution in [0.3, 0.4) is 0 Å². The molecule has 1 heterocycles. The van der Waals surface area contributed by atoms with Crippen LogP contribution in [0.25, 0.3) is 0 Å². The number of methoxy groups -OCH3 is 1. The number of carbonyl (C=O) groups excluding carboxylic acids is 3. The molecule has 0 spiro atoms. The molecule has 4 N–H and O–H groups in total. The molecule has 35 heavy (non-hydrogen) atoms. The van der Waals surface area contributed by atoms with Crippen molar-refractivity contribution in [1.82, 2.24) is 0 Å². The minimum Gasteiger partial charge on any atom is -0.491 e. The quantitative estimate of drug-likeness (QED) is 0.181. The minimum atomic E-state index is -1.69. The molecule has 0 saturated carbocycles. The predicted octanol–water partition coefficient (Wildman–Crippen LogP) is -0.966. The number of hydrogen-bond acceptors (Lipinski definition) is 13. The molecule has 1 aromatic rings. The molecule has 196 valence electrons. The minimum absolute atomic E-state index is 0.0630. The number of esters is 3. The van der Waals surface area contributed by atoms with Gasteiger partial charge in [0.25, 0.3) is 0 Å². The fourth-order valence-corrected chi connectivity index (χ4v) is 3.27. The molecule has 1 fully saturated rings. The van der Waals surface area contributed by atoms with Gasteiger partial charge in [-0.05, 0) is 12.1 Å². The van der Waals surface area contributed by atoms with Crippen LogP contribution in [-0.4, -0.2) is 92.3 Å². The topological polar surface area (TPSA) is 182 Å². The first-order valence-electron chi connectivity index (χ1n) is 10.8. The lowest BCUT2D eigenvalue weighted by atomic mass is 9.98. The lowest BCUT2D eigenvalue weighted by Gasteiger charge is -2.41. The summed E-state index contributed by atoms with van der Waals surface area (Å²) in [6.07, 6.45) is -7.87. The Morgan fingerprint density at radius 1 is 1.06 bits per heavy atom. The summed E-state index contributed by atoms with van der Waals surface area (Å²) in [4.78, 5) is 35.6. The average molecular weight is 501 g/mol. The highest BCUT2D eigenvalue weighted by Crippen LogP contribution is 2.32. The third kappa shape index (κ3) is 8.04. The predicted molar refractivity (Wildman–Crippen MR) is 116 cm³/mol. The molecule has 0 radical (unpaired) electrons. The number of ether oxygens (including phenoxy) is 7. The van der Waals surface area contributed by atoms with Crippen LogP contribution >= 0.6 is 0 Å². The number of hydrogen-bond donors (Lipinski definition) is 3. The maximum atomic E-state index is 12.4. The zero-order chi connectivity index (χ0) is 26.0. The van der Waals surface area contributed by atoms with E-state index >= 15 is 0 Å². The number of aliphatic hydroxyl groups excluding tert-OH is 2. The highest BCUT2D eigenvalue weighted by Gasteiger charge is 2.53. The van der Waals surface area contributed by atoms with Crippen LogP contribution in [0.5, 0.6) is 11.5 Å². The summed E-state index contributed by atoms with van der Waals surface area (Å²) < 4.78 is 37.1. The first kappa shape index (κ1) is 28.3. The summed E-state index contributed by atoms with van der Waals surface area (Å²) in [5.74, 6) is -2.14. The van der Waals surface area contributed by atoms with Gasteiger partial charge in [0.1, 0.15) is 18.1 Å². The number of aliphatic hydroxyl groups is 2. The zero-order valence-corrected chi connectivity index (χ0v) is 19.7. The smallest absolute Gasteiger partial charge is 0.339 e. The summed E-state index contributed by atoms with van der Waals surface area (Å²) in [7, 11) is 1.08. The highest BCUT2D eigenvalue weighted by atomic mass is 16.7. The Hall–Kier alpha value is -2.97. The van der Waals surface area contributed by atoms with E-state index in [-0.39, 0.29) is 12.4 Å². The molecule has 0 amide bonds.